The van der Waals surface area contributed by atoms with Crippen LogP contribution in [0, 0.1) is 10.1 Å². The highest BCUT2D eigenvalue weighted by Gasteiger charge is 2.17. The molecule has 0 radical (unpaired) electrons. The highest BCUT2D eigenvalue weighted by atomic mass is 32.2. The molecule has 1 aromatic heterocycles. The van der Waals surface area contributed by atoms with Crippen molar-refractivity contribution in [1.29, 1.82) is 0 Å². The first-order chi connectivity index (χ1) is 9.19. The van der Waals surface area contributed by atoms with Crippen LogP contribution in [0.25, 0.3) is 6.08 Å². The van der Waals surface area contributed by atoms with Gasteiger partial charge in [0.1, 0.15) is 5.82 Å². The Bertz CT molecular complexity index is 487. The molecule has 1 heterocycles. The van der Waals surface area contributed by atoms with E-state index in [2.05, 4.69) is 15.3 Å². The van der Waals surface area contributed by atoms with Gasteiger partial charge in [-0.15, -0.1) is 0 Å². The molecule has 1 aliphatic rings. The maximum absolute atomic E-state index is 10.4. The van der Waals surface area contributed by atoms with Gasteiger partial charge in [-0.1, -0.05) is 24.6 Å². The van der Waals surface area contributed by atoms with Crippen LogP contribution >= 0.6 is 11.8 Å². The van der Waals surface area contributed by atoms with Crippen molar-refractivity contribution < 1.29 is 4.92 Å². The third kappa shape index (κ3) is 3.92. The van der Waals surface area contributed by atoms with Crippen LogP contribution < -0.4 is 5.32 Å². The second-order valence-corrected chi connectivity index (χ2v) is 5.16. The summed E-state index contributed by atoms with van der Waals surface area (Å²) in [5.41, 5.74) is 0.654. The first-order valence-corrected chi connectivity index (χ1v) is 7.41. The highest BCUT2D eigenvalue weighted by Crippen LogP contribution is 2.24. The Morgan fingerprint density at radius 1 is 1.53 bits per heavy atom. The lowest BCUT2D eigenvalue weighted by molar-refractivity contribution is -0.400. The van der Waals surface area contributed by atoms with E-state index in [0.29, 0.717) is 22.6 Å². The standard InChI is InChI=1S/C12H16N4O2S/c1-19-12-13-8-9(6-7-16(17)18)11(15-12)14-10-4-2-3-5-10/h6-8,10H,2-5H2,1H3,(H,13,14,15). The zero-order chi connectivity index (χ0) is 13.7. The van der Waals surface area contributed by atoms with Gasteiger partial charge in [0.15, 0.2) is 5.16 Å². The normalized spacial score (nSPS) is 16.1. The molecule has 6 nitrogen and oxygen atoms in total. The highest BCUT2D eigenvalue weighted by molar-refractivity contribution is 7.98. The Hall–Kier alpha value is -1.63. The van der Waals surface area contributed by atoms with Crippen molar-refractivity contribution in [2.75, 3.05) is 11.6 Å². The minimum atomic E-state index is -0.484. The first-order valence-electron chi connectivity index (χ1n) is 6.18. The van der Waals surface area contributed by atoms with Crippen molar-refractivity contribution in [3.8, 4) is 0 Å². The SMILES string of the molecule is CSc1ncc(C=C[N+](=O)[O-])c(NC2CCCC2)n1. The Labute approximate surface area is 115 Å². The molecule has 0 spiro atoms. The van der Waals surface area contributed by atoms with Crippen LogP contribution in [0.2, 0.25) is 0 Å². The molecule has 19 heavy (non-hydrogen) atoms. The third-order valence-corrected chi connectivity index (χ3v) is 3.61. The Kier molecular flexibility index (Phi) is 4.73. The average Bonchev–Trinajstić information content (AvgIpc) is 2.90. The molecule has 1 fully saturated rings. The fourth-order valence-corrected chi connectivity index (χ4v) is 2.46. The summed E-state index contributed by atoms with van der Waals surface area (Å²) < 4.78 is 0. The van der Waals surface area contributed by atoms with E-state index in [1.165, 1.54) is 30.7 Å². The van der Waals surface area contributed by atoms with Crippen molar-refractivity contribution in [3.05, 3.63) is 28.1 Å². The molecular formula is C12H16N4O2S. The van der Waals surface area contributed by atoms with Gasteiger partial charge in [-0.3, -0.25) is 10.1 Å². The van der Waals surface area contributed by atoms with E-state index in [1.54, 1.807) is 6.20 Å². The number of rotatable bonds is 5. The molecule has 0 aromatic carbocycles. The molecule has 1 aliphatic carbocycles. The number of nitro groups is 1. The topological polar surface area (TPSA) is 81.0 Å². The van der Waals surface area contributed by atoms with E-state index in [-0.39, 0.29) is 0 Å². The molecule has 0 saturated heterocycles. The van der Waals surface area contributed by atoms with E-state index in [4.69, 9.17) is 0 Å². The van der Waals surface area contributed by atoms with Crippen molar-refractivity contribution in [1.82, 2.24) is 9.97 Å². The van der Waals surface area contributed by atoms with Crippen LogP contribution in [-0.2, 0) is 0 Å². The molecule has 0 unspecified atom stereocenters. The van der Waals surface area contributed by atoms with Gasteiger partial charge in [-0.2, -0.15) is 0 Å². The maximum Gasteiger partial charge on any atom is 0.235 e. The molecule has 1 saturated carbocycles. The first kappa shape index (κ1) is 13.8. The van der Waals surface area contributed by atoms with Gasteiger partial charge in [0.05, 0.1) is 4.92 Å². The average molecular weight is 280 g/mol. The van der Waals surface area contributed by atoms with Gasteiger partial charge in [-0.25, -0.2) is 9.97 Å². The molecule has 1 N–H and O–H groups in total. The summed E-state index contributed by atoms with van der Waals surface area (Å²) in [6.07, 6.45) is 10.6. The van der Waals surface area contributed by atoms with Gasteiger partial charge >= 0.3 is 0 Å². The molecule has 0 amide bonds. The van der Waals surface area contributed by atoms with Crippen LogP contribution in [0.5, 0.6) is 0 Å². The fraction of sp³-hybridized carbons (Fsp3) is 0.500. The summed E-state index contributed by atoms with van der Waals surface area (Å²) in [6, 6.07) is 0.410. The number of nitrogens with zero attached hydrogens (tertiary/aromatic N) is 3. The summed E-state index contributed by atoms with van der Waals surface area (Å²) >= 11 is 1.45. The van der Waals surface area contributed by atoms with Crippen molar-refractivity contribution >= 4 is 23.7 Å². The molecule has 1 aromatic rings. The lowest BCUT2D eigenvalue weighted by Gasteiger charge is -2.14. The van der Waals surface area contributed by atoms with E-state index in [1.807, 2.05) is 6.26 Å². The Balaban J connectivity index is 2.22. The van der Waals surface area contributed by atoms with Gasteiger partial charge < -0.3 is 5.32 Å². The van der Waals surface area contributed by atoms with Crippen LogP contribution in [-0.4, -0.2) is 27.2 Å². The van der Waals surface area contributed by atoms with E-state index in [9.17, 15) is 10.1 Å². The molecular weight excluding hydrogens is 264 g/mol. The zero-order valence-corrected chi connectivity index (χ0v) is 11.5. The van der Waals surface area contributed by atoms with Crippen LogP contribution in [0.1, 0.15) is 31.2 Å². The van der Waals surface area contributed by atoms with Crippen LogP contribution in [0.4, 0.5) is 5.82 Å². The summed E-state index contributed by atoms with van der Waals surface area (Å²) in [5.74, 6) is 0.685. The number of nitrogens with one attached hydrogen (secondary N) is 1. The number of thioether (sulfide) groups is 1. The molecule has 0 aliphatic heterocycles. The Morgan fingerprint density at radius 2 is 2.26 bits per heavy atom. The minimum Gasteiger partial charge on any atom is -0.367 e. The lowest BCUT2D eigenvalue weighted by Crippen LogP contribution is -2.16. The van der Waals surface area contributed by atoms with Gasteiger partial charge in [-0.05, 0) is 19.1 Å². The minimum absolute atomic E-state index is 0.410. The van der Waals surface area contributed by atoms with Gasteiger partial charge in [0.2, 0.25) is 6.20 Å². The maximum atomic E-state index is 10.4. The third-order valence-electron chi connectivity index (χ3n) is 3.05. The number of hydrogen-bond acceptors (Lipinski definition) is 6. The molecule has 7 heteroatoms. The number of hydrogen-bond donors (Lipinski definition) is 1. The summed E-state index contributed by atoms with van der Waals surface area (Å²) in [7, 11) is 0. The summed E-state index contributed by atoms with van der Waals surface area (Å²) in [4.78, 5) is 18.5. The second-order valence-electron chi connectivity index (χ2n) is 4.39. The molecule has 2 rings (SSSR count). The lowest BCUT2D eigenvalue weighted by atomic mass is 10.2. The summed E-state index contributed by atoms with van der Waals surface area (Å²) in [5, 5.41) is 14.4. The number of aromatic nitrogens is 2. The summed E-state index contributed by atoms with van der Waals surface area (Å²) in [6.45, 7) is 0. The Morgan fingerprint density at radius 3 is 2.89 bits per heavy atom. The van der Waals surface area contributed by atoms with Gasteiger partial charge in [0, 0.05) is 23.9 Å². The van der Waals surface area contributed by atoms with Crippen molar-refractivity contribution in [2.24, 2.45) is 0 Å². The van der Waals surface area contributed by atoms with E-state index in [0.717, 1.165) is 19.0 Å². The predicted molar refractivity (Wildman–Crippen MR) is 75.7 cm³/mol. The van der Waals surface area contributed by atoms with Crippen LogP contribution in [0.15, 0.2) is 17.6 Å². The zero-order valence-electron chi connectivity index (χ0n) is 10.7. The second kappa shape index (κ2) is 6.51. The van der Waals surface area contributed by atoms with Crippen molar-refractivity contribution in [3.63, 3.8) is 0 Å². The molecule has 102 valence electrons. The largest absolute Gasteiger partial charge is 0.367 e. The van der Waals surface area contributed by atoms with E-state index < -0.39 is 4.92 Å². The van der Waals surface area contributed by atoms with E-state index >= 15 is 0 Å². The van der Waals surface area contributed by atoms with Gasteiger partial charge in [0.25, 0.3) is 0 Å². The monoisotopic (exact) mass is 280 g/mol. The van der Waals surface area contributed by atoms with Crippen molar-refractivity contribution in [2.45, 2.75) is 36.9 Å². The quantitative estimate of drug-likeness (QED) is 0.386. The molecule has 0 bridgehead atoms. The smallest absolute Gasteiger partial charge is 0.235 e. The number of anilines is 1. The van der Waals surface area contributed by atoms with Crippen LogP contribution in [0.3, 0.4) is 0 Å². The molecule has 0 atom stereocenters. The predicted octanol–water partition coefficient (Wildman–Crippen LogP) is 2.80. The fourth-order valence-electron chi connectivity index (χ4n) is 2.12.